The fourth-order valence-corrected chi connectivity index (χ4v) is 3.78. The highest BCUT2D eigenvalue weighted by Gasteiger charge is 2.26. The molecule has 1 aliphatic heterocycles. The Balaban J connectivity index is 1.57. The molecule has 2 amide bonds. The van der Waals surface area contributed by atoms with Crippen LogP contribution in [0.1, 0.15) is 38.1 Å². The number of pyridine rings is 1. The highest BCUT2D eigenvalue weighted by Crippen LogP contribution is 2.34. The summed E-state index contributed by atoms with van der Waals surface area (Å²) in [6, 6.07) is 11.8. The lowest BCUT2D eigenvalue weighted by Crippen LogP contribution is -2.35. The van der Waals surface area contributed by atoms with Gasteiger partial charge in [-0.15, -0.1) is 0 Å². The monoisotopic (exact) mass is 378 g/mol. The number of hydrogen-bond donors (Lipinski definition) is 2. The Morgan fingerprint density at radius 3 is 2.64 bits per heavy atom. The van der Waals surface area contributed by atoms with Crippen LogP contribution in [-0.2, 0) is 13.5 Å². The molecule has 0 bridgehead atoms. The quantitative estimate of drug-likeness (QED) is 0.727. The lowest BCUT2D eigenvalue weighted by molar-refractivity contribution is 0.249. The van der Waals surface area contributed by atoms with Gasteiger partial charge in [0.15, 0.2) is 5.82 Å². The van der Waals surface area contributed by atoms with Gasteiger partial charge in [-0.05, 0) is 26.3 Å². The van der Waals surface area contributed by atoms with Crippen LogP contribution in [0.15, 0.2) is 36.4 Å². The number of amides is 2. The van der Waals surface area contributed by atoms with Crippen molar-refractivity contribution >= 4 is 28.6 Å². The Kier molecular flexibility index (Phi) is 4.66. The lowest BCUT2D eigenvalue weighted by Gasteiger charge is -2.30. The summed E-state index contributed by atoms with van der Waals surface area (Å²) >= 11 is 0. The van der Waals surface area contributed by atoms with Crippen LogP contribution in [0.2, 0.25) is 0 Å². The summed E-state index contributed by atoms with van der Waals surface area (Å²) in [6.45, 7) is 7.19. The van der Waals surface area contributed by atoms with E-state index < -0.39 is 0 Å². The van der Waals surface area contributed by atoms with E-state index in [1.54, 1.807) is 0 Å². The zero-order chi connectivity index (χ0) is 19.8. The van der Waals surface area contributed by atoms with Gasteiger partial charge < -0.3 is 10.2 Å². The number of benzene rings is 1. The van der Waals surface area contributed by atoms with Crippen LogP contribution < -0.4 is 15.5 Å². The van der Waals surface area contributed by atoms with Gasteiger partial charge in [-0.25, -0.2) is 9.78 Å². The molecule has 0 aliphatic carbocycles. The lowest BCUT2D eigenvalue weighted by atomic mass is 10.1. The summed E-state index contributed by atoms with van der Waals surface area (Å²) < 4.78 is 1.87. The SMILES string of the molecule is CC(C)N1CCc2nc(NC(=O)N[C@H](C)c3ccccc3)cc3c2c1nn3C. The molecule has 3 heterocycles. The molecular weight excluding hydrogens is 352 g/mol. The predicted molar refractivity (Wildman–Crippen MR) is 112 cm³/mol. The third kappa shape index (κ3) is 3.28. The first-order valence-corrected chi connectivity index (χ1v) is 9.69. The summed E-state index contributed by atoms with van der Waals surface area (Å²) in [5.41, 5.74) is 3.03. The number of carbonyl (C=O) groups is 1. The summed E-state index contributed by atoms with van der Waals surface area (Å²) in [4.78, 5) is 19.5. The Bertz CT molecular complexity index is 1010. The zero-order valence-electron chi connectivity index (χ0n) is 16.7. The van der Waals surface area contributed by atoms with Gasteiger partial charge in [0.2, 0.25) is 0 Å². The molecule has 2 N–H and O–H groups in total. The summed E-state index contributed by atoms with van der Waals surface area (Å²) in [5, 5.41) is 11.6. The summed E-state index contributed by atoms with van der Waals surface area (Å²) in [5.74, 6) is 1.53. The van der Waals surface area contributed by atoms with Crippen LogP contribution >= 0.6 is 0 Å². The number of urea groups is 1. The fourth-order valence-electron chi connectivity index (χ4n) is 3.78. The number of carbonyl (C=O) groups excluding carboxylic acids is 1. The largest absolute Gasteiger partial charge is 0.352 e. The average molecular weight is 378 g/mol. The number of nitrogens with zero attached hydrogens (tertiary/aromatic N) is 4. The third-order valence-corrected chi connectivity index (χ3v) is 5.26. The molecule has 3 aromatic rings. The highest BCUT2D eigenvalue weighted by molar-refractivity contribution is 5.97. The molecule has 1 atom stereocenters. The van der Waals surface area contributed by atoms with Crippen molar-refractivity contribution in [3.8, 4) is 0 Å². The minimum atomic E-state index is -0.266. The van der Waals surface area contributed by atoms with Crippen molar-refractivity contribution in [1.82, 2.24) is 20.1 Å². The van der Waals surface area contributed by atoms with E-state index in [1.807, 2.05) is 55.1 Å². The van der Waals surface area contributed by atoms with Crippen molar-refractivity contribution in [3.05, 3.63) is 47.7 Å². The predicted octanol–water partition coefficient (Wildman–Crippen LogP) is 3.62. The van der Waals surface area contributed by atoms with Crippen LogP contribution in [0.4, 0.5) is 16.4 Å². The Morgan fingerprint density at radius 2 is 1.93 bits per heavy atom. The minimum Gasteiger partial charge on any atom is -0.352 e. The van der Waals surface area contributed by atoms with E-state index in [9.17, 15) is 4.79 Å². The molecule has 7 nitrogen and oxygen atoms in total. The molecule has 28 heavy (non-hydrogen) atoms. The van der Waals surface area contributed by atoms with E-state index in [1.165, 1.54) is 0 Å². The molecule has 0 fully saturated rings. The second-order valence-corrected chi connectivity index (χ2v) is 7.56. The van der Waals surface area contributed by atoms with E-state index in [4.69, 9.17) is 10.1 Å². The molecule has 0 spiro atoms. The second-order valence-electron chi connectivity index (χ2n) is 7.56. The first-order valence-electron chi connectivity index (χ1n) is 9.69. The molecule has 2 aromatic heterocycles. The number of anilines is 2. The first kappa shape index (κ1) is 18.3. The van der Waals surface area contributed by atoms with Crippen molar-refractivity contribution in [1.29, 1.82) is 0 Å². The van der Waals surface area contributed by atoms with Crippen molar-refractivity contribution in [2.45, 2.75) is 39.3 Å². The fraction of sp³-hybridized carbons (Fsp3) is 0.381. The van der Waals surface area contributed by atoms with Crippen LogP contribution in [0.3, 0.4) is 0 Å². The second kappa shape index (κ2) is 7.14. The average Bonchev–Trinajstić information content (AvgIpc) is 2.99. The normalized spacial score (nSPS) is 14.4. The van der Waals surface area contributed by atoms with Crippen molar-refractivity contribution < 1.29 is 4.79 Å². The molecule has 1 aliphatic rings. The third-order valence-electron chi connectivity index (χ3n) is 5.26. The van der Waals surface area contributed by atoms with Crippen molar-refractivity contribution in [2.24, 2.45) is 7.05 Å². The summed E-state index contributed by atoms with van der Waals surface area (Å²) in [7, 11) is 1.93. The number of aromatic nitrogens is 3. The minimum absolute atomic E-state index is 0.0915. The van der Waals surface area contributed by atoms with E-state index in [2.05, 4.69) is 29.4 Å². The molecule has 0 saturated heterocycles. The molecule has 0 saturated carbocycles. The van der Waals surface area contributed by atoms with Gasteiger partial charge >= 0.3 is 6.03 Å². The zero-order valence-corrected chi connectivity index (χ0v) is 16.7. The Morgan fingerprint density at radius 1 is 1.18 bits per heavy atom. The van der Waals surface area contributed by atoms with Crippen LogP contribution in [0, 0.1) is 0 Å². The standard InChI is InChI=1S/C21H26N6O/c1-13(2)27-11-10-16-19-17(26(4)25-20(19)27)12-18(23-16)24-21(28)22-14(3)15-8-6-5-7-9-15/h5-9,12-14H,10-11H2,1-4H3,(H2,22,23,24,28)/t14-/m1/s1. The van der Waals surface area contributed by atoms with Crippen molar-refractivity contribution in [3.63, 3.8) is 0 Å². The van der Waals surface area contributed by atoms with Gasteiger partial charge in [-0.3, -0.25) is 10.00 Å². The van der Waals surface area contributed by atoms with Crippen LogP contribution in [-0.4, -0.2) is 33.4 Å². The molecule has 0 unspecified atom stereocenters. The van der Waals surface area contributed by atoms with E-state index in [-0.39, 0.29) is 12.1 Å². The van der Waals surface area contributed by atoms with Gasteiger partial charge in [-0.1, -0.05) is 30.3 Å². The van der Waals surface area contributed by atoms with Gasteiger partial charge in [0.1, 0.15) is 5.82 Å². The van der Waals surface area contributed by atoms with E-state index >= 15 is 0 Å². The Hall–Kier alpha value is -3.09. The maximum Gasteiger partial charge on any atom is 0.320 e. The van der Waals surface area contributed by atoms with Crippen LogP contribution in [0.25, 0.3) is 10.9 Å². The molecule has 1 aromatic carbocycles. The Labute approximate surface area is 164 Å². The topological polar surface area (TPSA) is 75.1 Å². The maximum atomic E-state index is 12.5. The number of rotatable bonds is 4. The van der Waals surface area contributed by atoms with E-state index in [0.717, 1.165) is 40.9 Å². The number of hydrogen-bond acceptors (Lipinski definition) is 4. The number of nitrogens with one attached hydrogen (secondary N) is 2. The van der Waals surface area contributed by atoms with Gasteiger partial charge in [0.25, 0.3) is 0 Å². The first-order chi connectivity index (χ1) is 13.4. The van der Waals surface area contributed by atoms with E-state index in [0.29, 0.717) is 11.9 Å². The maximum absolute atomic E-state index is 12.5. The molecule has 7 heteroatoms. The van der Waals surface area contributed by atoms with Gasteiger partial charge in [0, 0.05) is 32.1 Å². The van der Waals surface area contributed by atoms with Gasteiger partial charge in [0.05, 0.1) is 22.6 Å². The van der Waals surface area contributed by atoms with Gasteiger partial charge in [-0.2, -0.15) is 5.10 Å². The number of aryl methyl sites for hydroxylation is 1. The van der Waals surface area contributed by atoms with Crippen LogP contribution in [0.5, 0.6) is 0 Å². The van der Waals surface area contributed by atoms with Crippen molar-refractivity contribution in [2.75, 3.05) is 16.8 Å². The molecule has 4 rings (SSSR count). The smallest absolute Gasteiger partial charge is 0.320 e. The highest BCUT2D eigenvalue weighted by atomic mass is 16.2. The summed E-state index contributed by atoms with van der Waals surface area (Å²) in [6.07, 6.45) is 0.838. The molecular formula is C21H26N6O. The molecule has 146 valence electrons. The molecule has 0 radical (unpaired) electrons.